The van der Waals surface area contributed by atoms with Crippen LogP contribution in [0.25, 0.3) is 0 Å². The van der Waals surface area contributed by atoms with Gasteiger partial charge in [-0.25, -0.2) is 9.59 Å². The number of hydrogen-bond donors (Lipinski definition) is 4. The number of rotatable bonds is 5. The van der Waals surface area contributed by atoms with Gasteiger partial charge in [-0.2, -0.15) is 0 Å². The molecule has 0 spiro atoms. The minimum atomic E-state index is -0.473. The molecule has 0 unspecified atom stereocenters. The molecule has 0 atom stereocenters. The fraction of sp³-hybridized carbons (Fsp3) is 0.500. The number of hydrogen-bond acceptors (Lipinski definition) is 4. The Kier molecular flexibility index (Phi) is 7.40. The van der Waals surface area contributed by atoms with Crippen molar-refractivity contribution in [1.82, 2.24) is 20.9 Å². The molecule has 0 aromatic heterocycles. The van der Waals surface area contributed by atoms with Gasteiger partial charge in [0.15, 0.2) is 0 Å². The fourth-order valence-electron chi connectivity index (χ4n) is 2.78. The Bertz CT molecular complexity index is 613. The third-order valence-corrected chi connectivity index (χ3v) is 3.99. The van der Waals surface area contributed by atoms with E-state index in [0.717, 1.165) is 18.5 Å². The van der Waals surface area contributed by atoms with Crippen LogP contribution in [0.3, 0.4) is 0 Å². The molecule has 1 aromatic rings. The van der Waals surface area contributed by atoms with Gasteiger partial charge in [-0.05, 0) is 38.8 Å². The lowest BCUT2D eigenvalue weighted by molar-refractivity contribution is -0.121. The molecule has 1 fully saturated rings. The number of amides is 5. The van der Waals surface area contributed by atoms with Crippen LogP contribution in [0.15, 0.2) is 30.3 Å². The van der Waals surface area contributed by atoms with Gasteiger partial charge >= 0.3 is 12.1 Å². The van der Waals surface area contributed by atoms with Crippen molar-refractivity contribution >= 4 is 23.7 Å². The molecule has 1 aliphatic rings. The molecule has 26 heavy (non-hydrogen) atoms. The van der Waals surface area contributed by atoms with Crippen molar-refractivity contribution < 1.29 is 14.4 Å². The van der Waals surface area contributed by atoms with Gasteiger partial charge in [0.05, 0.1) is 6.54 Å². The maximum Gasteiger partial charge on any atom is 0.321 e. The second-order valence-corrected chi connectivity index (χ2v) is 6.69. The Hall–Kier alpha value is -2.61. The summed E-state index contributed by atoms with van der Waals surface area (Å²) in [5, 5.41) is 10.7. The Morgan fingerprint density at radius 1 is 1.08 bits per heavy atom. The van der Waals surface area contributed by atoms with Crippen molar-refractivity contribution in [2.45, 2.75) is 38.8 Å². The van der Waals surface area contributed by atoms with E-state index in [9.17, 15) is 14.4 Å². The monoisotopic (exact) mass is 361 g/mol. The first-order chi connectivity index (χ1) is 12.4. The predicted octanol–water partition coefficient (Wildman–Crippen LogP) is 1.51. The van der Waals surface area contributed by atoms with Crippen LogP contribution in [-0.4, -0.2) is 54.6 Å². The van der Waals surface area contributed by atoms with Crippen LogP contribution in [0.4, 0.5) is 15.3 Å². The summed E-state index contributed by atoms with van der Waals surface area (Å²) in [5.41, 5.74) is 0.749. The van der Waals surface area contributed by atoms with E-state index in [1.807, 2.05) is 49.1 Å². The van der Waals surface area contributed by atoms with E-state index in [0.29, 0.717) is 13.1 Å². The van der Waals surface area contributed by atoms with Crippen molar-refractivity contribution in [3.8, 4) is 0 Å². The summed E-state index contributed by atoms with van der Waals surface area (Å²) >= 11 is 0. The Morgan fingerprint density at radius 3 is 2.35 bits per heavy atom. The number of benzene rings is 1. The zero-order chi connectivity index (χ0) is 18.9. The maximum atomic E-state index is 12.0. The van der Waals surface area contributed by atoms with Gasteiger partial charge in [0, 0.05) is 30.9 Å². The lowest BCUT2D eigenvalue weighted by Crippen LogP contribution is -2.50. The van der Waals surface area contributed by atoms with Gasteiger partial charge in [-0.1, -0.05) is 18.2 Å². The van der Waals surface area contributed by atoms with Crippen molar-refractivity contribution in [2.24, 2.45) is 0 Å². The summed E-state index contributed by atoms with van der Waals surface area (Å²) < 4.78 is 0. The standard InChI is InChI=1S/C18H27N5O3/c1-13(2)19-17(25)22-16(24)12-23-10-8-15(9-11-23)21-18(26)20-14-6-4-3-5-7-14/h3-7,13,15H,8-12H2,1-2H3,(H2,20,21,26)(H2,19,22,24,25). The molecule has 0 aliphatic carbocycles. The SMILES string of the molecule is CC(C)NC(=O)NC(=O)CN1CCC(NC(=O)Nc2ccccc2)CC1. The molecule has 5 amide bonds. The van der Waals surface area contributed by atoms with E-state index in [-0.39, 0.29) is 30.6 Å². The van der Waals surface area contributed by atoms with Gasteiger partial charge < -0.3 is 16.0 Å². The van der Waals surface area contributed by atoms with Gasteiger partial charge in [0.25, 0.3) is 0 Å². The summed E-state index contributed by atoms with van der Waals surface area (Å²) in [4.78, 5) is 37.4. The summed E-state index contributed by atoms with van der Waals surface area (Å²) in [6, 6.07) is 8.63. The minimum absolute atomic E-state index is 0.0216. The average Bonchev–Trinajstić information content (AvgIpc) is 2.56. The normalized spacial score (nSPS) is 15.3. The fourth-order valence-corrected chi connectivity index (χ4v) is 2.78. The second-order valence-electron chi connectivity index (χ2n) is 6.69. The van der Waals surface area contributed by atoms with Crippen LogP contribution in [0.5, 0.6) is 0 Å². The van der Waals surface area contributed by atoms with Gasteiger partial charge in [-0.3, -0.25) is 15.0 Å². The summed E-state index contributed by atoms with van der Waals surface area (Å²) in [7, 11) is 0. The van der Waals surface area contributed by atoms with E-state index in [2.05, 4.69) is 21.3 Å². The van der Waals surface area contributed by atoms with Crippen LogP contribution >= 0.6 is 0 Å². The Morgan fingerprint density at radius 2 is 1.73 bits per heavy atom. The molecule has 8 heteroatoms. The highest BCUT2D eigenvalue weighted by molar-refractivity contribution is 5.95. The lowest BCUT2D eigenvalue weighted by Gasteiger charge is -2.31. The highest BCUT2D eigenvalue weighted by atomic mass is 16.2. The second kappa shape index (κ2) is 9.76. The maximum absolute atomic E-state index is 12.0. The molecule has 1 heterocycles. The van der Waals surface area contributed by atoms with E-state index in [1.54, 1.807) is 0 Å². The van der Waals surface area contributed by atoms with Crippen molar-refractivity contribution in [1.29, 1.82) is 0 Å². The van der Waals surface area contributed by atoms with Crippen molar-refractivity contribution in [3.05, 3.63) is 30.3 Å². The minimum Gasteiger partial charge on any atom is -0.336 e. The van der Waals surface area contributed by atoms with Crippen LogP contribution in [0.1, 0.15) is 26.7 Å². The number of urea groups is 2. The molecule has 2 rings (SSSR count). The molecule has 0 radical (unpaired) electrons. The number of likely N-dealkylation sites (tertiary alicyclic amines) is 1. The largest absolute Gasteiger partial charge is 0.336 e. The molecular formula is C18H27N5O3. The molecule has 8 nitrogen and oxygen atoms in total. The van der Waals surface area contributed by atoms with Gasteiger partial charge in [0.1, 0.15) is 0 Å². The Balaban J connectivity index is 1.66. The van der Waals surface area contributed by atoms with Gasteiger partial charge in [-0.15, -0.1) is 0 Å². The van der Waals surface area contributed by atoms with E-state index in [4.69, 9.17) is 0 Å². The number of nitrogens with one attached hydrogen (secondary N) is 4. The average molecular weight is 361 g/mol. The molecular weight excluding hydrogens is 334 g/mol. The van der Waals surface area contributed by atoms with E-state index >= 15 is 0 Å². The zero-order valence-corrected chi connectivity index (χ0v) is 15.2. The summed E-state index contributed by atoms with van der Waals surface area (Å²) in [6.07, 6.45) is 1.52. The number of anilines is 1. The highest BCUT2D eigenvalue weighted by Crippen LogP contribution is 2.11. The van der Waals surface area contributed by atoms with E-state index < -0.39 is 6.03 Å². The number of imide groups is 1. The van der Waals surface area contributed by atoms with Crippen LogP contribution < -0.4 is 21.3 Å². The first-order valence-corrected chi connectivity index (χ1v) is 8.87. The summed E-state index contributed by atoms with van der Waals surface area (Å²) in [5.74, 6) is -0.323. The first kappa shape index (κ1) is 19.7. The molecule has 1 saturated heterocycles. The quantitative estimate of drug-likeness (QED) is 0.638. The predicted molar refractivity (Wildman–Crippen MR) is 99.9 cm³/mol. The number of para-hydroxylation sites is 1. The van der Waals surface area contributed by atoms with Crippen LogP contribution in [-0.2, 0) is 4.79 Å². The van der Waals surface area contributed by atoms with Crippen molar-refractivity contribution in [3.63, 3.8) is 0 Å². The van der Waals surface area contributed by atoms with Crippen LogP contribution in [0, 0.1) is 0 Å². The molecule has 1 aliphatic heterocycles. The van der Waals surface area contributed by atoms with E-state index in [1.165, 1.54) is 0 Å². The molecule has 142 valence electrons. The third kappa shape index (κ3) is 7.10. The molecule has 1 aromatic carbocycles. The van der Waals surface area contributed by atoms with Crippen molar-refractivity contribution in [2.75, 3.05) is 25.0 Å². The van der Waals surface area contributed by atoms with Gasteiger partial charge in [0.2, 0.25) is 5.91 Å². The zero-order valence-electron chi connectivity index (χ0n) is 15.2. The topological polar surface area (TPSA) is 103 Å². The van der Waals surface area contributed by atoms with Crippen LogP contribution in [0.2, 0.25) is 0 Å². The third-order valence-electron chi connectivity index (χ3n) is 3.99. The molecule has 4 N–H and O–H groups in total. The lowest BCUT2D eigenvalue weighted by atomic mass is 10.1. The summed E-state index contributed by atoms with van der Waals surface area (Å²) in [6.45, 7) is 5.21. The molecule has 0 saturated carbocycles. The Labute approximate surface area is 153 Å². The first-order valence-electron chi connectivity index (χ1n) is 8.87. The number of nitrogens with zero attached hydrogens (tertiary/aromatic N) is 1. The smallest absolute Gasteiger partial charge is 0.321 e. The molecule has 0 bridgehead atoms. The number of piperidine rings is 1. The number of carbonyl (C=O) groups is 3. The number of carbonyl (C=O) groups excluding carboxylic acids is 3. The highest BCUT2D eigenvalue weighted by Gasteiger charge is 2.22.